The van der Waals surface area contributed by atoms with Gasteiger partial charge in [0.25, 0.3) is 0 Å². The van der Waals surface area contributed by atoms with Crippen LogP contribution in [0, 0.1) is 0 Å². The molecule has 1 unspecified atom stereocenters. The number of hydrogen-bond donors (Lipinski definition) is 2. The van der Waals surface area contributed by atoms with Crippen LogP contribution in [0.1, 0.15) is 17.5 Å². The van der Waals surface area contributed by atoms with Crippen molar-refractivity contribution in [1.82, 2.24) is 15.5 Å². The minimum Gasteiger partial charge on any atom is -0.383 e. The van der Waals surface area contributed by atoms with E-state index in [1.807, 2.05) is 0 Å². The molecule has 0 bridgehead atoms. The summed E-state index contributed by atoms with van der Waals surface area (Å²) in [6.07, 6.45) is -3.32. The zero-order chi connectivity index (χ0) is 18.3. The molecule has 0 amide bonds. The van der Waals surface area contributed by atoms with Crippen LogP contribution >= 0.6 is 0 Å². The Kier molecular flexibility index (Phi) is 7.07. The summed E-state index contributed by atoms with van der Waals surface area (Å²) >= 11 is 0. The lowest BCUT2D eigenvalue weighted by Gasteiger charge is -2.19. The third-order valence-corrected chi connectivity index (χ3v) is 4.12. The number of nitrogens with zero attached hydrogens (tertiary/aromatic N) is 2. The van der Waals surface area contributed by atoms with Gasteiger partial charge in [-0.05, 0) is 24.1 Å². The number of aliphatic imine (C=N–C) groups is 1. The minimum absolute atomic E-state index is 0.267. The highest BCUT2D eigenvalue weighted by atomic mass is 19.4. The summed E-state index contributed by atoms with van der Waals surface area (Å²) in [6.45, 7) is 3.65. The van der Waals surface area contributed by atoms with Crippen molar-refractivity contribution in [2.75, 3.05) is 40.4 Å². The molecule has 0 radical (unpaired) electrons. The van der Waals surface area contributed by atoms with E-state index in [-0.39, 0.29) is 6.04 Å². The lowest BCUT2D eigenvalue weighted by Crippen LogP contribution is -2.45. The molecular formula is C17H25F3N4O. The van der Waals surface area contributed by atoms with E-state index in [0.29, 0.717) is 19.7 Å². The number of halogens is 3. The molecule has 0 aliphatic carbocycles. The fourth-order valence-electron chi connectivity index (χ4n) is 2.81. The van der Waals surface area contributed by atoms with Crippen molar-refractivity contribution in [3.63, 3.8) is 0 Å². The first kappa shape index (κ1) is 19.5. The molecule has 2 rings (SSSR count). The normalized spacial score (nSPS) is 19.2. The van der Waals surface area contributed by atoms with Crippen molar-refractivity contribution in [3.8, 4) is 0 Å². The minimum atomic E-state index is -4.28. The van der Waals surface area contributed by atoms with Crippen LogP contribution in [0.15, 0.2) is 29.3 Å². The van der Waals surface area contributed by atoms with Gasteiger partial charge in [0.05, 0.1) is 12.2 Å². The van der Waals surface area contributed by atoms with Gasteiger partial charge in [-0.3, -0.25) is 9.89 Å². The Hall–Kier alpha value is -1.80. The van der Waals surface area contributed by atoms with Crippen LogP contribution in [0.3, 0.4) is 0 Å². The standard InChI is InChI=1S/C17H25F3N4O/c1-21-16(22-8-10-25-2)23-15-7-9-24(12-15)11-13-3-5-14(6-4-13)17(18,19)20/h3-6,15H,7-12H2,1-2H3,(H2,21,22,23). The van der Waals surface area contributed by atoms with Gasteiger partial charge >= 0.3 is 6.18 Å². The number of hydrogen-bond acceptors (Lipinski definition) is 3. The van der Waals surface area contributed by atoms with Crippen LogP contribution in [-0.4, -0.2) is 57.3 Å². The predicted molar refractivity (Wildman–Crippen MR) is 91.5 cm³/mol. The van der Waals surface area contributed by atoms with Gasteiger partial charge in [0.15, 0.2) is 5.96 Å². The maximum Gasteiger partial charge on any atom is 0.416 e. The Morgan fingerprint density at radius 3 is 2.64 bits per heavy atom. The summed E-state index contributed by atoms with van der Waals surface area (Å²) in [5.41, 5.74) is 0.277. The van der Waals surface area contributed by atoms with E-state index in [0.717, 1.165) is 43.2 Å². The summed E-state index contributed by atoms with van der Waals surface area (Å²) in [7, 11) is 3.37. The number of likely N-dealkylation sites (tertiary alicyclic amines) is 1. The second kappa shape index (κ2) is 9.05. The molecule has 2 N–H and O–H groups in total. The first-order valence-corrected chi connectivity index (χ1v) is 8.27. The summed E-state index contributed by atoms with van der Waals surface area (Å²) in [4.78, 5) is 6.40. The van der Waals surface area contributed by atoms with E-state index in [4.69, 9.17) is 4.74 Å². The number of nitrogens with one attached hydrogen (secondary N) is 2. The van der Waals surface area contributed by atoms with Crippen LogP contribution in [0.2, 0.25) is 0 Å². The van der Waals surface area contributed by atoms with Crippen LogP contribution in [-0.2, 0) is 17.5 Å². The second-order valence-electron chi connectivity index (χ2n) is 6.05. The molecule has 1 aromatic carbocycles. The second-order valence-corrected chi connectivity index (χ2v) is 6.05. The van der Waals surface area contributed by atoms with Gasteiger partial charge in [-0.15, -0.1) is 0 Å². The topological polar surface area (TPSA) is 48.9 Å². The monoisotopic (exact) mass is 358 g/mol. The molecule has 1 aliphatic heterocycles. The summed E-state index contributed by atoms with van der Waals surface area (Å²) < 4.78 is 42.8. The quantitative estimate of drug-likeness (QED) is 0.465. The molecule has 1 fully saturated rings. The molecule has 1 saturated heterocycles. The first-order chi connectivity index (χ1) is 11.9. The van der Waals surface area contributed by atoms with Crippen LogP contribution in [0.4, 0.5) is 13.2 Å². The van der Waals surface area contributed by atoms with Crippen molar-refractivity contribution in [3.05, 3.63) is 35.4 Å². The zero-order valence-electron chi connectivity index (χ0n) is 14.6. The van der Waals surface area contributed by atoms with Gasteiger partial charge in [-0.1, -0.05) is 12.1 Å². The maximum absolute atomic E-state index is 12.6. The number of rotatable bonds is 6. The van der Waals surface area contributed by atoms with Crippen LogP contribution < -0.4 is 10.6 Å². The molecule has 1 aromatic rings. The molecule has 25 heavy (non-hydrogen) atoms. The lowest BCUT2D eigenvalue weighted by atomic mass is 10.1. The Morgan fingerprint density at radius 2 is 2.04 bits per heavy atom. The number of benzene rings is 1. The van der Waals surface area contributed by atoms with Crippen molar-refractivity contribution >= 4 is 5.96 Å². The molecule has 5 nitrogen and oxygen atoms in total. The molecule has 0 saturated carbocycles. The number of alkyl halides is 3. The van der Waals surface area contributed by atoms with E-state index in [9.17, 15) is 13.2 Å². The Labute approximate surface area is 146 Å². The Morgan fingerprint density at radius 1 is 1.32 bits per heavy atom. The molecule has 1 heterocycles. The Balaban J connectivity index is 1.80. The summed E-state index contributed by atoms with van der Waals surface area (Å²) in [6, 6.07) is 5.65. The highest BCUT2D eigenvalue weighted by Gasteiger charge is 2.30. The highest BCUT2D eigenvalue weighted by Crippen LogP contribution is 2.29. The van der Waals surface area contributed by atoms with Crippen LogP contribution in [0.5, 0.6) is 0 Å². The van der Waals surface area contributed by atoms with Gasteiger partial charge in [-0.2, -0.15) is 13.2 Å². The molecule has 140 valence electrons. The van der Waals surface area contributed by atoms with Gasteiger partial charge in [0.2, 0.25) is 0 Å². The predicted octanol–water partition coefficient (Wildman–Crippen LogP) is 2.09. The lowest BCUT2D eigenvalue weighted by molar-refractivity contribution is -0.137. The van der Waals surface area contributed by atoms with E-state index in [1.54, 1.807) is 26.3 Å². The molecule has 0 aromatic heterocycles. The summed E-state index contributed by atoms with van der Waals surface area (Å²) in [5.74, 6) is 0.735. The van der Waals surface area contributed by atoms with Gasteiger partial charge < -0.3 is 15.4 Å². The van der Waals surface area contributed by atoms with Gasteiger partial charge in [-0.25, -0.2) is 0 Å². The molecule has 8 heteroatoms. The Bertz CT molecular complexity index is 560. The van der Waals surface area contributed by atoms with E-state index >= 15 is 0 Å². The smallest absolute Gasteiger partial charge is 0.383 e. The van der Waals surface area contributed by atoms with Gasteiger partial charge in [0, 0.05) is 46.4 Å². The van der Waals surface area contributed by atoms with E-state index in [1.165, 1.54) is 0 Å². The number of methoxy groups -OCH3 is 1. The first-order valence-electron chi connectivity index (χ1n) is 8.27. The average Bonchev–Trinajstić information content (AvgIpc) is 3.01. The average molecular weight is 358 g/mol. The molecule has 1 atom stereocenters. The summed E-state index contributed by atoms with van der Waals surface area (Å²) in [5, 5.41) is 6.53. The van der Waals surface area contributed by atoms with E-state index < -0.39 is 11.7 Å². The third kappa shape index (κ3) is 6.21. The SMILES string of the molecule is CN=C(NCCOC)NC1CCN(Cc2ccc(C(F)(F)F)cc2)C1. The largest absolute Gasteiger partial charge is 0.416 e. The molecule has 0 spiro atoms. The van der Waals surface area contributed by atoms with Crippen molar-refractivity contribution in [1.29, 1.82) is 0 Å². The highest BCUT2D eigenvalue weighted by molar-refractivity contribution is 5.80. The fraction of sp³-hybridized carbons (Fsp3) is 0.588. The third-order valence-electron chi connectivity index (χ3n) is 4.12. The van der Waals surface area contributed by atoms with E-state index in [2.05, 4.69) is 20.5 Å². The van der Waals surface area contributed by atoms with Crippen molar-refractivity contribution in [2.45, 2.75) is 25.2 Å². The molecule has 1 aliphatic rings. The van der Waals surface area contributed by atoms with Crippen molar-refractivity contribution < 1.29 is 17.9 Å². The number of ether oxygens (including phenoxy) is 1. The number of guanidine groups is 1. The van der Waals surface area contributed by atoms with Crippen molar-refractivity contribution in [2.24, 2.45) is 4.99 Å². The zero-order valence-corrected chi connectivity index (χ0v) is 14.6. The van der Waals surface area contributed by atoms with Crippen LogP contribution in [0.25, 0.3) is 0 Å². The molecular weight excluding hydrogens is 333 g/mol. The van der Waals surface area contributed by atoms with Gasteiger partial charge in [0.1, 0.15) is 0 Å². The fourth-order valence-corrected chi connectivity index (χ4v) is 2.81. The maximum atomic E-state index is 12.6.